The van der Waals surface area contributed by atoms with Crippen LogP contribution in [-0.2, 0) is 48.2 Å². The van der Waals surface area contributed by atoms with E-state index in [1.807, 2.05) is 0 Å². The standard InChI is InChI=1S/C37H48F2O11S/c1-20-5-21-3-2-4-33(11-20,12-21)30(40)46-18-28-29(19-47-31(41)35-14-22-6-23(15-35)8-25(35)7-22)49-36(48-28)26-9-24-10-27(36)17-34(13-24,16-26)50-32(42)37(38,39)51(43,44)45/h5,20,22-29H,2-4,6-19H2,1H3,(H,43,44,45). The summed E-state index contributed by atoms with van der Waals surface area (Å²) in [6.07, 6.45) is 11.6. The fourth-order valence-electron chi connectivity index (χ4n) is 13.3. The maximum Gasteiger partial charge on any atom is 0.465 e. The molecule has 11 nitrogen and oxygen atoms in total. The van der Waals surface area contributed by atoms with E-state index in [0.717, 1.165) is 51.4 Å². The first-order valence-electron chi connectivity index (χ1n) is 19.0. The number of hydrogen-bond acceptors (Lipinski definition) is 10. The summed E-state index contributed by atoms with van der Waals surface area (Å²) in [5.41, 5.74) is -1.09. The molecule has 11 aliphatic rings. The number of fused-ring (bicyclic) bond motifs is 2. The summed E-state index contributed by atoms with van der Waals surface area (Å²) < 4.78 is 91.4. The van der Waals surface area contributed by atoms with E-state index in [1.165, 1.54) is 12.0 Å². The van der Waals surface area contributed by atoms with Gasteiger partial charge in [-0.2, -0.15) is 17.2 Å². The number of alkyl halides is 2. The molecule has 14 heteroatoms. The molecule has 1 N–H and O–H groups in total. The molecule has 10 aliphatic carbocycles. The van der Waals surface area contributed by atoms with Gasteiger partial charge < -0.3 is 23.7 Å². The summed E-state index contributed by atoms with van der Waals surface area (Å²) in [6, 6.07) is 0. The molecule has 0 amide bonds. The molecule has 9 saturated carbocycles. The number of carbonyl (C=O) groups is 3. The lowest BCUT2D eigenvalue weighted by Gasteiger charge is -2.62. The summed E-state index contributed by atoms with van der Waals surface area (Å²) in [7, 11) is -6.02. The first-order valence-corrected chi connectivity index (χ1v) is 20.5. The quantitative estimate of drug-likeness (QED) is 0.138. The molecule has 0 aromatic heterocycles. The van der Waals surface area contributed by atoms with E-state index in [0.29, 0.717) is 37.0 Å². The van der Waals surface area contributed by atoms with E-state index >= 15 is 0 Å². The van der Waals surface area contributed by atoms with Gasteiger partial charge in [0.15, 0.2) is 5.79 Å². The number of rotatable bonds is 9. The van der Waals surface area contributed by atoms with Gasteiger partial charge in [-0.05, 0) is 126 Å². The summed E-state index contributed by atoms with van der Waals surface area (Å²) in [5, 5.41) is -5.10. The first kappa shape index (κ1) is 34.6. The third-order valence-electron chi connectivity index (χ3n) is 14.8. The monoisotopic (exact) mass is 738 g/mol. The Morgan fingerprint density at radius 3 is 2.08 bits per heavy atom. The number of hydrogen-bond donors (Lipinski definition) is 1. The molecule has 0 radical (unpaired) electrons. The van der Waals surface area contributed by atoms with Crippen LogP contribution in [0.4, 0.5) is 8.78 Å². The molecule has 11 rings (SSSR count). The average Bonchev–Trinajstić information content (AvgIpc) is 3.63. The van der Waals surface area contributed by atoms with Crippen molar-refractivity contribution in [2.45, 2.75) is 132 Å². The van der Waals surface area contributed by atoms with Gasteiger partial charge >= 0.3 is 33.3 Å². The van der Waals surface area contributed by atoms with Crippen LogP contribution in [0.2, 0.25) is 0 Å². The highest BCUT2D eigenvalue weighted by Crippen LogP contribution is 2.67. The van der Waals surface area contributed by atoms with E-state index in [2.05, 4.69) is 13.0 Å². The van der Waals surface area contributed by atoms with Gasteiger partial charge in [-0.15, -0.1) is 0 Å². The number of allylic oxidation sites excluding steroid dienone is 2. The van der Waals surface area contributed by atoms with Gasteiger partial charge in [0.05, 0.1) is 10.8 Å². The third-order valence-corrected chi connectivity index (χ3v) is 15.6. The molecule has 8 atom stereocenters. The molecule has 0 aromatic carbocycles. The van der Waals surface area contributed by atoms with E-state index < -0.39 is 67.6 Å². The van der Waals surface area contributed by atoms with Crippen molar-refractivity contribution in [2.75, 3.05) is 13.2 Å². The highest BCUT2D eigenvalue weighted by Gasteiger charge is 2.70. The van der Waals surface area contributed by atoms with Crippen LogP contribution < -0.4 is 0 Å². The van der Waals surface area contributed by atoms with E-state index in [-0.39, 0.29) is 56.3 Å². The highest BCUT2D eigenvalue weighted by molar-refractivity contribution is 7.87. The fourth-order valence-corrected chi connectivity index (χ4v) is 13.6. The minimum absolute atomic E-state index is 0.00576. The zero-order chi connectivity index (χ0) is 35.8. The number of carbonyl (C=O) groups excluding carboxylic acids is 3. The highest BCUT2D eigenvalue weighted by atomic mass is 32.2. The van der Waals surface area contributed by atoms with Crippen LogP contribution in [0.5, 0.6) is 0 Å². The maximum atomic E-state index is 14.3. The first-order chi connectivity index (χ1) is 24.0. The molecule has 1 saturated heterocycles. The van der Waals surface area contributed by atoms with Gasteiger partial charge in [-0.3, -0.25) is 14.1 Å². The lowest BCUT2D eigenvalue weighted by Crippen LogP contribution is -2.66. The number of halogens is 2. The summed E-state index contributed by atoms with van der Waals surface area (Å²) >= 11 is 0. The van der Waals surface area contributed by atoms with Gasteiger partial charge in [-0.1, -0.05) is 18.6 Å². The van der Waals surface area contributed by atoms with Gasteiger partial charge in [0, 0.05) is 11.8 Å². The van der Waals surface area contributed by atoms with Crippen LogP contribution in [0.25, 0.3) is 0 Å². The zero-order valence-corrected chi connectivity index (χ0v) is 29.8. The zero-order valence-electron chi connectivity index (χ0n) is 29.0. The topological polar surface area (TPSA) is 152 Å². The molecule has 8 unspecified atom stereocenters. The Kier molecular flexibility index (Phi) is 7.75. The van der Waals surface area contributed by atoms with Crippen LogP contribution in [0.15, 0.2) is 11.6 Å². The second-order valence-electron chi connectivity index (χ2n) is 18.2. The molecule has 0 aromatic rings. The van der Waals surface area contributed by atoms with Crippen LogP contribution in [-0.4, -0.2) is 72.9 Å². The average molecular weight is 739 g/mol. The van der Waals surface area contributed by atoms with E-state index in [4.69, 9.17) is 28.2 Å². The number of esters is 3. The third kappa shape index (κ3) is 5.29. The minimum Gasteiger partial charge on any atom is -0.462 e. The van der Waals surface area contributed by atoms with Gasteiger partial charge in [0.1, 0.15) is 31.0 Å². The second kappa shape index (κ2) is 11.4. The molecule has 1 aliphatic heterocycles. The Balaban J connectivity index is 0.943. The van der Waals surface area contributed by atoms with Crippen molar-refractivity contribution >= 4 is 28.0 Å². The minimum atomic E-state index is -6.02. The predicted octanol–water partition coefficient (Wildman–Crippen LogP) is 5.51. The summed E-state index contributed by atoms with van der Waals surface area (Å²) in [5.74, 6) is -3.01. The van der Waals surface area contributed by atoms with Crippen molar-refractivity contribution in [1.29, 1.82) is 0 Å². The number of ether oxygens (including phenoxy) is 5. The summed E-state index contributed by atoms with van der Waals surface area (Å²) in [6.45, 7) is 1.95. The molecule has 10 fully saturated rings. The van der Waals surface area contributed by atoms with Gasteiger partial charge in [0.25, 0.3) is 0 Å². The van der Waals surface area contributed by atoms with Crippen molar-refractivity contribution in [2.24, 2.45) is 52.3 Å². The Hall–Kier alpha value is -2.16. The van der Waals surface area contributed by atoms with Gasteiger partial charge in [0.2, 0.25) is 0 Å². The molecule has 10 bridgehead atoms. The summed E-state index contributed by atoms with van der Waals surface area (Å²) in [4.78, 5) is 40.1. The molecular weight excluding hydrogens is 690 g/mol. The normalized spacial score (nSPS) is 47.5. The van der Waals surface area contributed by atoms with Crippen molar-refractivity contribution in [3.8, 4) is 0 Å². The fraction of sp³-hybridized carbons (Fsp3) is 0.865. The van der Waals surface area contributed by atoms with Crippen LogP contribution in [0.3, 0.4) is 0 Å². The largest absolute Gasteiger partial charge is 0.465 e. The van der Waals surface area contributed by atoms with Crippen molar-refractivity contribution < 1.29 is 59.8 Å². The SMILES string of the molecule is CC1C=C2CCCC(C(=O)OCC3OC4(OC3COC(=O)C35CC6CC(CC3C6)C5)C3CC5CC4CC(OC(=O)C(F)(F)S(=O)(=O)O)(C5)C3)(C2)C1. The van der Waals surface area contributed by atoms with Crippen molar-refractivity contribution in [3.05, 3.63) is 11.6 Å². The lowest BCUT2D eigenvalue weighted by atomic mass is 9.51. The molecule has 1 heterocycles. The van der Waals surface area contributed by atoms with Crippen molar-refractivity contribution in [3.63, 3.8) is 0 Å². The molecule has 51 heavy (non-hydrogen) atoms. The Morgan fingerprint density at radius 1 is 0.863 bits per heavy atom. The molecule has 1 spiro atoms. The molecule has 282 valence electrons. The lowest BCUT2D eigenvalue weighted by molar-refractivity contribution is -0.326. The van der Waals surface area contributed by atoms with Crippen LogP contribution >= 0.6 is 0 Å². The Morgan fingerprint density at radius 2 is 1.45 bits per heavy atom. The van der Waals surface area contributed by atoms with Crippen LogP contribution in [0.1, 0.15) is 103 Å². The van der Waals surface area contributed by atoms with Gasteiger partial charge in [-0.25, -0.2) is 4.79 Å². The maximum absolute atomic E-state index is 14.3. The van der Waals surface area contributed by atoms with E-state index in [9.17, 15) is 31.6 Å². The van der Waals surface area contributed by atoms with E-state index in [1.54, 1.807) is 0 Å². The van der Waals surface area contributed by atoms with Crippen LogP contribution in [0, 0.1) is 52.3 Å². The smallest absolute Gasteiger partial charge is 0.462 e. The Bertz CT molecular complexity index is 1630. The Labute approximate surface area is 296 Å². The predicted molar refractivity (Wildman–Crippen MR) is 172 cm³/mol. The molecular formula is C37H48F2O11S. The van der Waals surface area contributed by atoms with Crippen molar-refractivity contribution in [1.82, 2.24) is 0 Å². The second-order valence-corrected chi connectivity index (χ2v) is 19.6.